The number of aliphatic hydroxyl groups is 1. The van der Waals surface area contributed by atoms with Gasteiger partial charge in [-0.25, -0.2) is 17.2 Å². The van der Waals surface area contributed by atoms with Gasteiger partial charge in [-0.3, -0.25) is 14.8 Å². The quantitative estimate of drug-likeness (QED) is 0.396. The molecule has 2 aromatic carbocycles. The number of carbonyl (C=O) groups excluding carboxylic acids is 1. The lowest BCUT2D eigenvalue weighted by molar-refractivity contribution is -0.123. The van der Waals surface area contributed by atoms with Gasteiger partial charge in [-0.05, 0) is 68.6 Å². The number of rotatable bonds is 6. The van der Waals surface area contributed by atoms with Crippen molar-refractivity contribution in [3.05, 3.63) is 53.1 Å². The minimum absolute atomic E-state index is 0.0512. The summed E-state index contributed by atoms with van der Waals surface area (Å²) >= 11 is 0. The number of fused-ring (bicyclic) bond motifs is 2. The van der Waals surface area contributed by atoms with Crippen LogP contribution in [0.5, 0.6) is 0 Å². The average Bonchev–Trinajstić information content (AvgIpc) is 3.05. The first kappa shape index (κ1) is 23.2. The molecule has 34 heavy (non-hydrogen) atoms. The smallest absolute Gasteiger partial charge is 0.264 e. The van der Waals surface area contributed by atoms with Gasteiger partial charge in [0.05, 0.1) is 11.1 Å². The zero-order valence-electron chi connectivity index (χ0n) is 18.3. The zero-order chi connectivity index (χ0) is 24.1. The van der Waals surface area contributed by atoms with Crippen molar-refractivity contribution in [2.45, 2.75) is 54.7 Å². The molecule has 0 radical (unpaired) electrons. The highest BCUT2D eigenvalue weighted by atomic mass is 32.2. The molecule has 2 fully saturated rings. The molecular weight excluding hydrogens is 466 g/mol. The van der Waals surface area contributed by atoms with Gasteiger partial charge >= 0.3 is 0 Å². The van der Waals surface area contributed by atoms with Crippen molar-refractivity contribution in [1.29, 1.82) is 0 Å². The number of amides is 1. The van der Waals surface area contributed by atoms with Crippen molar-refractivity contribution in [2.75, 3.05) is 23.1 Å². The Labute approximate surface area is 196 Å². The number of aliphatic hydroxyl groups excluding tert-OH is 1. The number of benzene rings is 2. The van der Waals surface area contributed by atoms with Gasteiger partial charge in [0, 0.05) is 23.4 Å². The number of piperidine rings is 1. The summed E-state index contributed by atoms with van der Waals surface area (Å²) in [7, 11) is -4.39. The minimum Gasteiger partial charge on any atom is -0.374 e. The van der Waals surface area contributed by atoms with Gasteiger partial charge in [0.1, 0.15) is 22.8 Å². The summed E-state index contributed by atoms with van der Waals surface area (Å²) in [5, 5.41) is 20.3. The number of halogens is 2. The molecule has 1 spiro atoms. The molecule has 5 rings (SSSR count). The summed E-state index contributed by atoms with van der Waals surface area (Å²) in [5.41, 5.74) is 0.761. The SMILES string of the molecule is O=C1Nc2c(C(O)NC3CCNCC3)cc(NS(=O)(=O)c3ccc(F)cc3F)cc2C12CCC2. The molecule has 5 N–H and O–H groups in total. The van der Waals surface area contributed by atoms with Gasteiger partial charge in [0.25, 0.3) is 10.0 Å². The molecule has 3 aliphatic rings. The highest BCUT2D eigenvalue weighted by molar-refractivity contribution is 7.92. The van der Waals surface area contributed by atoms with Crippen LogP contribution in [0.2, 0.25) is 0 Å². The van der Waals surface area contributed by atoms with Crippen LogP contribution in [0.1, 0.15) is 49.5 Å². The average molecular weight is 493 g/mol. The van der Waals surface area contributed by atoms with E-state index in [1.807, 2.05) is 0 Å². The highest BCUT2D eigenvalue weighted by Crippen LogP contribution is 2.53. The first-order chi connectivity index (χ1) is 16.2. The molecule has 1 amide bonds. The molecule has 1 unspecified atom stereocenters. The molecule has 2 heterocycles. The molecule has 1 saturated heterocycles. The third-order valence-corrected chi connectivity index (χ3v) is 8.44. The second-order valence-electron chi connectivity index (χ2n) is 9.15. The molecule has 1 aliphatic carbocycles. The lowest BCUT2D eigenvalue weighted by Gasteiger charge is -2.36. The van der Waals surface area contributed by atoms with Crippen molar-refractivity contribution >= 4 is 27.3 Å². The number of hydrogen-bond acceptors (Lipinski definition) is 6. The van der Waals surface area contributed by atoms with E-state index in [2.05, 4.69) is 20.7 Å². The molecule has 11 heteroatoms. The third kappa shape index (κ3) is 3.96. The Kier molecular flexibility index (Phi) is 5.83. The fraction of sp³-hybridized carbons (Fsp3) is 0.435. The monoisotopic (exact) mass is 492 g/mol. The number of anilines is 2. The lowest BCUT2D eigenvalue weighted by Crippen LogP contribution is -2.41. The lowest BCUT2D eigenvalue weighted by atomic mass is 9.65. The highest BCUT2D eigenvalue weighted by Gasteiger charge is 2.52. The Hall–Kier alpha value is -2.60. The van der Waals surface area contributed by atoms with E-state index in [1.54, 1.807) is 6.07 Å². The fourth-order valence-electron chi connectivity index (χ4n) is 5.04. The van der Waals surface area contributed by atoms with Gasteiger partial charge in [0.2, 0.25) is 5.91 Å². The fourth-order valence-corrected chi connectivity index (χ4v) is 6.14. The van der Waals surface area contributed by atoms with Gasteiger partial charge in [-0.2, -0.15) is 0 Å². The summed E-state index contributed by atoms with van der Waals surface area (Å²) in [6.45, 7) is 1.62. The number of hydrogen-bond donors (Lipinski definition) is 5. The molecule has 2 aromatic rings. The van der Waals surface area contributed by atoms with Crippen molar-refractivity contribution in [3.8, 4) is 0 Å². The number of nitrogens with one attached hydrogen (secondary N) is 4. The summed E-state index contributed by atoms with van der Waals surface area (Å²) in [6, 6.07) is 5.27. The van der Waals surface area contributed by atoms with E-state index >= 15 is 0 Å². The maximum Gasteiger partial charge on any atom is 0.264 e. The van der Waals surface area contributed by atoms with Crippen LogP contribution in [-0.2, 0) is 20.2 Å². The van der Waals surface area contributed by atoms with E-state index < -0.39 is 38.2 Å². The summed E-state index contributed by atoms with van der Waals surface area (Å²) in [5.74, 6) is -2.28. The van der Waals surface area contributed by atoms with Crippen LogP contribution in [0.25, 0.3) is 0 Å². The van der Waals surface area contributed by atoms with E-state index in [0.29, 0.717) is 35.7 Å². The predicted molar refractivity (Wildman–Crippen MR) is 122 cm³/mol. The van der Waals surface area contributed by atoms with E-state index in [1.165, 1.54) is 6.07 Å². The van der Waals surface area contributed by atoms with Crippen molar-refractivity contribution in [1.82, 2.24) is 10.6 Å². The maximum atomic E-state index is 14.2. The third-order valence-electron chi connectivity index (χ3n) is 7.03. The maximum absolute atomic E-state index is 14.2. The second kappa shape index (κ2) is 8.56. The normalized spacial score (nSPS) is 20.5. The standard InChI is InChI=1S/C23H26F2N4O4S/c24-13-2-3-19(18(25)10-13)34(32,33)29-15-11-16(21(30)27-14-4-8-26-9-5-14)20-17(12-15)23(6-1-7-23)22(31)28-20/h2-3,10-12,14,21,26-27,29-30H,1,4-9H2,(H,28,31). The van der Waals surface area contributed by atoms with Crippen LogP contribution in [0.3, 0.4) is 0 Å². The zero-order valence-corrected chi connectivity index (χ0v) is 19.1. The Morgan fingerprint density at radius 1 is 1.12 bits per heavy atom. The van der Waals surface area contributed by atoms with Crippen molar-refractivity contribution < 1.29 is 27.1 Å². The predicted octanol–water partition coefficient (Wildman–Crippen LogP) is 2.47. The van der Waals surface area contributed by atoms with Gasteiger partial charge in [0.15, 0.2) is 0 Å². The van der Waals surface area contributed by atoms with E-state index in [0.717, 1.165) is 44.5 Å². The van der Waals surface area contributed by atoms with E-state index in [-0.39, 0.29) is 17.6 Å². The Morgan fingerprint density at radius 3 is 2.50 bits per heavy atom. The largest absolute Gasteiger partial charge is 0.374 e. The van der Waals surface area contributed by atoms with Gasteiger partial charge in [-0.15, -0.1) is 0 Å². The summed E-state index contributed by atoms with van der Waals surface area (Å²) < 4.78 is 55.6. The Bertz CT molecular complexity index is 1240. The van der Waals surface area contributed by atoms with Crippen LogP contribution in [0, 0.1) is 11.6 Å². The van der Waals surface area contributed by atoms with Crippen LogP contribution < -0.4 is 20.7 Å². The Balaban J connectivity index is 1.53. The molecule has 1 atom stereocenters. The first-order valence-corrected chi connectivity index (χ1v) is 12.8. The van der Waals surface area contributed by atoms with E-state index in [9.17, 15) is 27.1 Å². The number of carbonyl (C=O) groups is 1. The second-order valence-corrected chi connectivity index (χ2v) is 10.8. The Morgan fingerprint density at radius 2 is 1.85 bits per heavy atom. The molecule has 0 aromatic heterocycles. The number of sulfonamides is 1. The molecule has 2 aliphatic heterocycles. The molecule has 8 nitrogen and oxygen atoms in total. The van der Waals surface area contributed by atoms with Gasteiger partial charge in [-0.1, -0.05) is 6.42 Å². The minimum atomic E-state index is -4.39. The van der Waals surface area contributed by atoms with Crippen LogP contribution in [-0.4, -0.2) is 38.6 Å². The van der Waals surface area contributed by atoms with E-state index in [4.69, 9.17) is 0 Å². The van der Waals surface area contributed by atoms with Crippen LogP contribution in [0.15, 0.2) is 35.2 Å². The molecule has 182 valence electrons. The summed E-state index contributed by atoms with van der Waals surface area (Å²) in [4.78, 5) is 12.2. The molecular formula is C23H26F2N4O4S. The first-order valence-electron chi connectivity index (χ1n) is 11.3. The van der Waals surface area contributed by atoms with Crippen LogP contribution >= 0.6 is 0 Å². The molecule has 1 saturated carbocycles. The topological polar surface area (TPSA) is 120 Å². The van der Waals surface area contributed by atoms with Crippen molar-refractivity contribution in [2.24, 2.45) is 0 Å². The summed E-state index contributed by atoms with van der Waals surface area (Å²) in [6.07, 6.45) is 2.56. The van der Waals surface area contributed by atoms with Crippen LogP contribution in [0.4, 0.5) is 20.2 Å². The molecule has 0 bridgehead atoms. The van der Waals surface area contributed by atoms with Gasteiger partial charge < -0.3 is 15.7 Å². The van der Waals surface area contributed by atoms with Crippen molar-refractivity contribution in [3.63, 3.8) is 0 Å².